The van der Waals surface area contributed by atoms with Gasteiger partial charge in [0, 0.05) is 6.54 Å². The van der Waals surface area contributed by atoms with Gasteiger partial charge >= 0.3 is 0 Å². The summed E-state index contributed by atoms with van der Waals surface area (Å²) in [5.74, 6) is 0.00444. The van der Waals surface area contributed by atoms with Crippen LogP contribution in [0.4, 0.5) is 0 Å². The van der Waals surface area contributed by atoms with E-state index in [1.54, 1.807) is 17.9 Å². The molecule has 6 nitrogen and oxygen atoms in total. The van der Waals surface area contributed by atoms with Crippen molar-refractivity contribution in [2.45, 2.75) is 13.0 Å². The van der Waals surface area contributed by atoms with Crippen molar-refractivity contribution in [3.05, 3.63) is 34.0 Å². The molecule has 3 heterocycles. The topological polar surface area (TPSA) is 71.1 Å². The second-order valence-electron chi connectivity index (χ2n) is 4.42. The predicted octanol–water partition coefficient (Wildman–Crippen LogP) is 1.39. The first-order valence-corrected chi connectivity index (χ1v) is 6.92. The van der Waals surface area contributed by atoms with E-state index in [2.05, 4.69) is 15.2 Å². The highest BCUT2D eigenvalue weighted by Crippen LogP contribution is 2.27. The van der Waals surface area contributed by atoms with Gasteiger partial charge in [-0.3, -0.25) is 14.9 Å². The van der Waals surface area contributed by atoms with Crippen LogP contribution >= 0.6 is 11.3 Å². The lowest BCUT2D eigenvalue weighted by Crippen LogP contribution is -2.43. The number of morpholine rings is 1. The second-order valence-corrected chi connectivity index (χ2v) is 5.31. The third-order valence-corrected chi connectivity index (χ3v) is 3.99. The molecule has 0 bridgehead atoms. The number of aryl methyl sites for hydroxylation is 1. The van der Waals surface area contributed by atoms with Crippen molar-refractivity contribution in [2.24, 2.45) is 0 Å². The molecule has 1 saturated heterocycles. The van der Waals surface area contributed by atoms with Crippen LogP contribution in [0.2, 0.25) is 0 Å². The molecule has 100 valence electrons. The number of aromatic nitrogens is 3. The molecule has 7 heteroatoms. The van der Waals surface area contributed by atoms with Gasteiger partial charge in [-0.05, 0) is 12.5 Å². The van der Waals surface area contributed by atoms with Crippen LogP contribution in [0.5, 0.6) is 0 Å². The molecule has 2 aromatic rings. The van der Waals surface area contributed by atoms with Gasteiger partial charge in [-0.1, -0.05) is 0 Å². The summed E-state index contributed by atoms with van der Waals surface area (Å²) >= 11 is 1.36. The van der Waals surface area contributed by atoms with Gasteiger partial charge in [-0.2, -0.15) is 5.10 Å². The standard InChI is InChI=1S/C12H14N4O2S/c1-8-4-14-15-11(8)9-6-18-3-2-16(9)12(17)10-5-13-7-19-10/h4-5,7,9H,2-3,6H2,1H3,(H,14,15)/t9-/m0/s1. The summed E-state index contributed by atoms with van der Waals surface area (Å²) in [5, 5.41) is 6.99. The van der Waals surface area contributed by atoms with Crippen molar-refractivity contribution in [3.63, 3.8) is 0 Å². The van der Waals surface area contributed by atoms with Crippen molar-refractivity contribution in [1.29, 1.82) is 0 Å². The van der Waals surface area contributed by atoms with Gasteiger partial charge in [0.1, 0.15) is 4.88 Å². The Hall–Kier alpha value is -1.73. The van der Waals surface area contributed by atoms with Crippen LogP contribution in [-0.4, -0.2) is 45.7 Å². The minimum Gasteiger partial charge on any atom is -0.377 e. The Labute approximate surface area is 114 Å². The lowest BCUT2D eigenvalue weighted by Gasteiger charge is -2.35. The summed E-state index contributed by atoms with van der Waals surface area (Å²) in [6, 6.07) is -0.106. The number of rotatable bonds is 2. The molecule has 0 aromatic carbocycles. The second kappa shape index (κ2) is 5.10. The molecule has 0 spiro atoms. The number of amides is 1. The third-order valence-electron chi connectivity index (χ3n) is 3.23. The smallest absolute Gasteiger partial charge is 0.266 e. The largest absolute Gasteiger partial charge is 0.377 e. The van der Waals surface area contributed by atoms with Gasteiger partial charge < -0.3 is 9.64 Å². The monoisotopic (exact) mass is 278 g/mol. The van der Waals surface area contributed by atoms with Crippen molar-refractivity contribution in [2.75, 3.05) is 19.8 Å². The number of carbonyl (C=O) groups is 1. The van der Waals surface area contributed by atoms with Crippen LogP contribution in [0.15, 0.2) is 17.9 Å². The van der Waals surface area contributed by atoms with E-state index in [1.807, 2.05) is 11.8 Å². The fourth-order valence-electron chi connectivity index (χ4n) is 2.24. The SMILES string of the molecule is Cc1cn[nH]c1[C@@H]1COCCN1C(=O)c1cncs1. The van der Waals surface area contributed by atoms with Gasteiger partial charge in [0.25, 0.3) is 5.91 Å². The number of hydrogen-bond acceptors (Lipinski definition) is 5. The molecule has 1 fully saturated rings. The van der Waals surface area contributed by atoms with Gasteiger partial charge in [-0.25, -0.2) is 0 Å². The van der Waals surface area contributed by atoms with Crippen LogP contribution in [0.25, 0.3) is 0 Å². The fourth-order valence-corrected chi connectivity index (χ4v) is 2.82. The average molecular weight is 278 g/mol. The summed E-state index contributed by atoms with van der Waals surface area (Å²) in [6.45, 7) is 3.62. The van der Waals surface area contributed by atoms with Gasteiger partial charge in [0.05, 0.1) is 42.9 Å². The Morgan fingerprint density at radius 3 is 3.16 bits per heavy atom. The fraction of sp³-hybridized carbons (Fsp3) is 0.417. The zero-order valence-electron chi connectivity index (χ0n) is 10.5. The average Bonchev–Trinajstić information content (AvgIpc) is 3.09. The molecular weight excluding hydrogens is 264 g/mol. The molecule has 1 amide bonds. The third kappa shape index (κ3) is 2.26. The Bertz CT molecular complexity index is 566. The zero-order chi connectivity index (χ0) is 13.2. The first-order valence-electron chi connectivity index (χ1n) is 6.04. The minimum atomic E-state index is -0.106. The first-order chi connectivity index (χ1) is 9.27. The predicted molar refractivity (Wildman–Crippen MR) is 70.0 cm³/mol. The van der Waals surface area contributed by atoms with Crippen molar-refractivity contribution >= 4 is 17.2 Å². The molecule has 1 aliphatic heterocycles. The molecular formula is C12H14N4O2S. The maximum absolute atomic E-state index is 12.5. The van der Waals surface area contributed by atoms with E-state index >= 15 is 0 Å². The summed E-state index contributed by atoms with van der Waals surface area (Å²) < 4.78 is 5.50. The molecule has 0 saturated carbocycles. The molecule has 0 aliphatic carbocycles. The molecule has 1 atom stereocenters. The van der Waals surface area contributed by atoms with Gasteiger partial charge in [0.15, 0.2) is 0 Å². The van der Waals surface area contributed by atoms with E-state index in [0.717, 1.165) is 11.3 Å². The Kier molecular flexibility index (Phi) is 3.31. The van der Waals surface area contributed by atoms with Crippen LogP contribution < -0.4 is 0 Å². The molecule has 3 rings (SSSR count). The van der Waals surface area contributed by atoms with E-state index < -0.39 is 0 Å². The van der Waals surface area contributed by atoms with E-state index in [9.17, 15) is 4.79 Å². The first kappa shape index (κ1) is 12.3. The van der Waals surface area contributed by atoms with E-state index in [4.69, 9.17) is 4.74 Å². The van der Waals surface area contributed by atoms with Crippen LogP contribution in [0, 0.1) is 6.92 Å². The lowest BCUT2D eigenvalue weighted by molar-refractivity contribution is -0.00382. The van der Waals surface area contributed by atoms with Crippen LogP contribution in [0.1, 0.15) is 27.0 Å². The molecule has 19 heavy (non-hydrogen) atoms. The number of thiazole rings is 1. The Morgan fingerprint density at radius 2 is 2.47 bits per heavy atom. The molecule has 2 aromatic heterocycles. The summed E-state index contributed by atoms with van der Waals surface area (Å²) in [6.07, 6.45) is 3.37. The van der Waals surface area contributed by atoms with Gasteiger partial charge in [-0.15, -0.1) is 11.3 Å². The van der Waals surface area contributed by atoms with Crippen LogP contribution in [-0.2, 0) is 4.74 Å². The normalized spacial score (nSPS) is 19.6. The Balaban J connectivity index is 1.90. The van der Waals surface area contributed by atoms with Crippen molar-refractivity contribution < 1.29 is 9.53 Å². The number of H-pyrrole nitrogens is 1. The number of ether oxygens (including phenoxy) is 1. The highest BCUT2D eigenvalue weighted by atomic mass is 32.1. The molecule has 0 radical (unpaired) electrons. The Morgan fingerprint density at radius 1 is 1.58 bits per heavy atom. The van der Waals surface area contributed by atoms with E-state index in [-0.39, 0.29) is 11.9 Å². The minimum absolute atomic E-state index is 0.00444. The quantitative estimate of drug-likeness (QED) is 0.901. The van der Waals surface area contributed by atoms with Gasteiger partial charge in [0.2, 0.25) is 0 Å². The number of aromatic amines is 1. The molecule has 1 N–H and O–H groups in total. The number of carbonyl (C=O) groups excluding carboxylic acids is 1. The molecule has 0 unspecified atom stereocenters. The zero-order valence-corrected chi connectivity index (χ0v) is 11.3. The molecule has 1 aliphatic rings. The summed E-state index contributed by atoms with van der Waals surface area (Å²) in [5.41, 5.74) is 3.65. The van der Waals surface area contributed by atoms with Crippen molar-refractivity contribution in [3.8, 4) is 0 Å². The summed E-state index contributed by atoms with van der Waals surface area (Å²) in [7, 11) is 0. The summed E-state index contributed by atoms with van der Waals surface area (Å²) in [4.78, 5) is 18.9. The maximum atomic E-state index is 12.5. The van der Waals surface area contributed by atoms with E-state index in [0.29, 0.717) is 24.6 Å². The number of nitrogens with one attached hydrogen (secondary N) is 1. The van der Waals surface area contributed by atoms with Crippen molar-refractivity contribution in [1.82, 2.24) is 20.1 Å². The van der Waals surface area contributed by atoms with Crippen LogP contribution in [0.3, 0.4) is 0 Å². The lowest BCUT2D eigenvalue weighted by atomic mass is 10.1. The number of nitrogens with zero attached hydrogens (tertiary/aromatic N) is 3. The highest BCUT2D eigenvalue weighted by Gasteiger charge is 2.31. The maximum Gasteiger partial charge on any atom is 0.266 e. The highest BCUT2D eigenvalue weighted by molar-refractivity contribution is 7.11. The van der Waals surface area contributed by atoms with E-state index in [1.165, 1.54) is 11.3 Å². The number of hydrogen-bond donors (Lipinski definition) is 1.